The van der Waals surface area contributed by atoms with Gasteiger partial charge in [-0.3, -0.25) is 0 Å². The lowest BCUT2D eigenvalue weighted by Gasteiger charge is -2.26. The highest BCUT2D eigenvalue weighted by molar-refractivity contribution is 5.67. The van der Waals surface area contributed by atoms with E-state index in [0.29, 0.717) is 25.6 Å². The van der Waals surface area contributed by atoms with Crippen LogP contribution in [-0.2, 0) is 16.0 Å². The molecule has 0 bridgehead atoms. The Morgan fingerprint density at radius 2 is 1.95 bits per heavy atom. The number of hydrogen-bond acceptors (Lipinski definition) is 7. The molecule has 9 nitrogen and oxygen atoms in total. The first-order chi connectivity index (χ1) is 18.5. The summed E-state index contributed by atoms with van der Waals surface area (Å²) in [6, 6.07) is 4.24. The molecule has 1 fully saturated rings. The fraction of sp³-hybridized carbons (Fsp3) is 0.700. The summed E-state index contributed by atoms with van der Waals surface area (Å²) < 4.78 is 13.5. The Labute approximate surface area is 235 Å². The Balaban J connectivity index is 1.75. The van der Waals surface area contributed by atoms with Crippen molar-refractivity contribution in [2.45, 2.75) is 85.6 Å². The molecule has 0 saturated carbocycles. The quantitative estimate of drug-likeness (QED) is 0.335. The summed E-state index contributed by atoms with van der Waals surface area (Å²) in [5.41, 5.74) is 2.55. The summed E-state index contributed by atoms with van der Waals surface area (Å²) in [5, 5.41) is 5.00. The van der Waals surface area contributed by atoms with Crippen LogP contribution in [-0.4, -0.2) is 83.1 Å². The number of amides is 1. The first kappa shape index (κ1) is 30.9. The van der Waals surface area contributed by atoms with Crippen molar-refractivity contribution < 1.29 is 14.3 Å². The maximum atomic E-state index is 12.4. The smallest absolute Gasteiger partial charge is 0.410 e. The summed E-state index contributed by atoms with van der Waals surface area (Å²) >= 11 is 0. The van der Waals surface area contributed by atoms with Crippen molar-refractivity contribution >= 4 is 11.9 Å². The van der Waals surface area contributed by atoms with Crippen molar-refractivity contribution in [2.24, 2.45) is 5.92 Å². The van der Waals surface area contributed by atoms with E-state index >= 15 is 0 Å². The monoisotopic (exact) mass is 542 g/mol. The van der Waals surface area contributed by atoms with Gasteiger partial charge in [-0.2, -0.15) is 5.10 Å². The lowest BCUT2D eigenvalue weighted by molar-refractivity contribution is -0.0394. The van der Waals surface area contributed by atoms with Crippen LogP contribution < -0.4 is 4.90 Å². The van der Waals surface area contributed by atoms with E-state index in [2.05, 4.69) is 55.9 Å². The van der Waals surface area contributed by atoms with Gasteiger partial charge in [0, 0.05) is 69.9 Å². The summed E-state index contributed by atoms with van der Waals surface area (Å²) in [6.45, 7) is 17.0. The highest BCUT2D eigenvalue weighted by atomic mass is 16.6. The topological polar surface area (TPSA) is 76.0 Å². The van der Waals surface area contributed by atoms with E-state index in [1.165, 1.54) is 0 Å². The van der Waals surface area contributed by atoms with E-state index in [1.807, 2.05) is 31.6 Å². The average molecular weight is 543 g/mol. The Kier molecular flexibility index (Phi) is 11.2. The number of pyridine rings is 1. The summed E-state index contributed by atoms with van der Waals surface area (Å²) in [7, 11) is 3.84. The van der Waals surface area contributed by atoms with Crippen molar-refractivity contribution in [3.05, 3.63) is 30.1 Å². The summed E-state index contributed by atoms with van der Waals surface area (Å²) in [6.07, 6.45) is 8.08. The highest BCUT2D eigenvalue weighted by Crippen LogP contribution is 2.29. The molecular weight excluding hydrogens is 492 g/mol. The third-order valence-corrected chi connectivity index (χ3v) is 6.92. The number of likely N-dealkylation sites (N-methyl/N-ethyl adjacent to an activating group) is 2. The Morgan fingerprint density at radius 1 is 1.18 bits per heavy atom. The average Bonchev–Trinajstić information content (AvgIpc) is 3.31. The standard InChI is InChI=1S/C30H50N6O3/c1-9-35(16-15-23(2)3)26-14-13-24(20-31-26)28-25(22-36(32-28)27-12-10-11-19-38-27)21-33(7)17-18-34(8)29(37)39-30(4,5)6/h13-14,20,22-23,27H,9-12,15-19,21H2,1-8H3. The minimum Gasteiger partial charge on any atom is -0.444 e. The normalized spacial score (nSPS) is 16.1. The molecule has 3 heterocycles. The van der Waals surface area contributed by atoms with Crippen molar-refractivity contribution in [3.8, 4) is 11.3 Å². The molecule has 2 aromatic rings. The summed E-state index contributed by atoms with van der Waals surface area (Å²) in [5.74, 6) is 1.66. The van der Waals surface area contributed by atoms with Crippen LogP contribution in [0.1, 0.15) is 79.0 Å². The molecule has 218 valence electrons. The molecule has 1 atom stereocenters. The van der Waals surface area contributed by atoms with Gasteiger partial charge < -0.3 is 24.2 Å². The van der Waals surface area contributed by atoms with Gasteiger partial charge in [-0.05, 0) is 78.5 Å². The molecule has 9 heteroatoms. The van der Waals surface area contributed by atoms with Crippen LogP contribution in [0.4, 0.5) is 10.6 Å². The van der Waals surface area contributed by atoms with Gasteiger partial charge >= 0.3 is 6.09 Å². The van der Waals surface area contributed by atoms with Crippen LogP contribution in [0.25, 0.3) is 11.3 Å². The molecule has 0 aliphatic carbocycles. The molecule has 39 heavy (non-hydrogen) atoms. The first-order valence-corrected chi connectivity index (χ1v) is 14.5. The molecule has 1 aliphatic heterocycles. The van der Waals surface area contributed by atoms with Crippen LogP contribution in [0.2, 0.25) is 0 Å². The molecule has 1 amide bonds. The van der Waals surface area contributed by atoms with Crippen LogP contribution in [0.15, 0.2) is 24.5 Å². The van der Waals surface area contributed by atoms with Gasteiger partial charge in [0.05, 0.1) is 5.69 Å². The van der Waals surface area contributed by atoms with Crippen molar-refractivity contribution in [1.82, 2.24) is 24.6 Å². The van der Waals surface area contributed by atoms with Gasteiger partial charge in [0.2, 0.25) is 0 Å². The first-order valence-electron chi connectivity index (χ1n) is 14.5. The lowest BCUT2D eigenvalue weighted by Crippen LogP contribution is -2.38. The molecule has 0 spiro atoms. The Morgan fingerprint density at radius 3 is 2.54 bits per heavy atom. The predicted molar refractivity (Wildman–Crippen MR) is 157 cm³/mol. The second-order valence-electron chi connectivity index (χ2n) is 12.1. The van der Waals surface area contributed by atoms with E-state index in [4.69, 9.17) is 19.6 Å². The predicted octanol–water partition coefficient (Wildman–Crippen LogP) is 5.82. The molecular formula is C30H50N6O3. The number of aromatic nitrogens is 3. The molecule has 2 aromatic heterocycles. The Hall–Kier alpha value is -2.65. The molecule has 1 unspecified atom stereocenters. The van der Waals surface area contributed by atoms with Crippen molar-refractivity contribution in [1.29, 1.82) is 0 Å². The van der Waals surface area contributed by atoms with E-state index < -0.39 is 5.60 Å². The minimum atomic E-state index is -0.506. The van der Waals surface area contributed by atoms with Crippen LogP contribution >= 0.6 is 0 Å². The van der Waals surface area contributed by atoms with Crippen LogP contribution in [0.5, 0.6) is 0 Å². The van der Waals surface area contributed by atoms with Gasteiger partial charge in [0.15, 0.2) is 0 Å². The summed E-state index contributed by atoms with van der Waals surface area (Å²) in [4.78, 5) is 23.4. The van der Waals surface area contributed by atoms with E-state index in [9.17, 15) is 4.79 Å². The second-order valence-corrected chi connectivity index (χ2v) is 12.1. The van der Waals surface area contributed by atoms with Gasteiger partial charge in [0.25, 0.3) is 0 Å². The maximum absolute atomic E-state index is 12.4. The molecule has 0 aromatic carbocycles. The molecule has 0 radical (unpaired) electrons. The fourth-order valence-corrected chi connectivity index (χ4v) is 4.55. The van der Waals surface area contributed by atoms with Gasteiger partial charge in [-0.25, -0.2) is 14.5 Å². The van der Waals surface area contributed by atoms with E-state index in [0.717, 1.165) is 68.0 Å². The highest BCUT2D eigenvalue weighted by Gasteiger charge is 2.22. The molecule has 0 N–H and O–H groups in total. The second kappa shape index (κ2) is 14.1. The molecule has 1 saturated heterocycles. The third kappa shape index (κ3) is 9.49. The van der Waals surface area contributed by atoms with Gasteiger partial charge in [-0.1, -0.05) is 13.8 Å². The Bertz CT molecular complexity index is 1020. The number of ether oxygens (including phenoxy) is 2. The number of anilines is 1. The van der Waals surface area contributed by atoms with Crippen molar-refractivity contribution in [2.75, 3.05) is 51.8 Å². The molecule has 1 aliphatic rings. The lowest BCUT2D eigenvalue weighted by atomic mass is 10.1. The van der Waals surface area contributed by atoms with Gasteiger partial charge in [-0.15, -0.1) is 0 Å². The van der Waals surface area contributed by atoms with E-state index in [-0.39, 0.29) is 12.3 Å². The number of rotatable bonds is 12. The number of nitrogens with zero attached hydrogens (tertiary/aromatic N) is 6. The fourth-order valence-electron chi connectivity index (χ4n) is 4.55. The molecule has 3 rings (SSSR count). The zero-order chi connectivity index (χ0) is 28.6. The zero-order valence-corrected chi connectivity index (χ0v) is 25.4. The number of carbonyl (C=O) groups is 1. The van der Waals surface area contributed by atoms with Gasteiger partial charge in [0.1, 0.15) is 17.6 Å². The minimum absolute atomic E-state index is 0.0336. The van der Waals surface area contributed by atoms with Crippen LogP contribution in [0.3, 0.4) is 0 Å². The number of hydrogen-bond donors (Lipinski definition) is 0. The van der Waals surface area contributed by atoms with Crippen molar-refractivity contribution in [3.63, 3.8) is 0 Å². The third-order valence-electron chi connectivity index (χ3n) is 6.92. The largest absolute Gasteiger partial charge is 0.444 e. The number of carbonyl (C=O) groups excluding carboxylic acids is 1. The SMILES string of the molecule is CCN(CCC(C)C)c1ccc(-c2nn(C3CCCCO3)cc2CN(C)CCN(C)C(=O)OC(C)(C)C)cn1. The van der Waals surface area contributed by atoms with E-state index in [1.54, 1.807) is 11.9 Å². The van der Waals surface area contributed by atoms with Crippen LogP contribution in [0, 0.1) is 5.92 Å². The maximum Gasteiger partial charge on any atom is 0.410 e. The zero-order valence-electron chi connectivity index (χ0n) is 25.4.